The topological polar surface area (TPSA) is 25.2 Å². The first kappa shape index (κ1) is 15.1. The number of rotatable bonds is 1. The fraction of sp³-hybridized carbons (Fsp3) is 0.273. The van der Waals surface area contributed by atoms with E-state index in [1.165, 1.54) is 27.6 Å². The van der Waals surface area contributed by atoms with Gasteiger partial charge in [0.2, 0.25) is 0 Å². The molecule has 0 radical (unpaired) electrons. The van der Waals surface area contributed by atoms with Gasteiger partial charge in [-0.05, 0) is 56.9 Å². The fourth-order valence-electron chi connectivity index (χ4n) is 3.66. The number of para-hydroxylation sites is 1. The van der Waals surface area contributed by atoms with Gasteiger partial charge < -0.3 is 0 Å². The molecule has 0 N–H and O–H groups in total. The summed E-state index contributed by atoms with van der Waals surface area (Å²) in [5, 5.41) is 1.17. The minimum atomic E-state index is -0.0873. The highest BCUT2D eigenvalue weighted by Gasteiger charge is 2.28. The molecule has 0 aliphatic carbocycles. The molecule has 0 fully saturated rings. The smallest absolute Gasteiger partial charge is 0.0744 e. The van der Waals surface area contributed by atoms with E-state index in [1.54, 1.807) is 0 Å². The Morgan fingerprint density at radius 3 is 2.54 bits per heavy atom. The Hall–Kier alpha value is -2.48. The Bertz CT molecular complexity index is 980. The van der Waals surface area contributed by atoms with Crippen molar-refractivity contribution in [1.82, 2.24) is 4.98 Å². The second kappa shape index (κ2) is 5.27. The lowest BCUT2D eigenvalue weighted by Crippen LogP contribution is -2.30. The lowest BCUT2D eigenvalue weighted by atomic mass is 9.83. The summed E-state index contributed by atoms with van der Waals surface area (Å²) in [4.78, 5) is 9.79. The van der Waals surface area contributed by atoms with E-state index in [2.05, 4.69) is 70.2 Å². The molecule has 120 valence electrons. The summed E-state index contributed by atoms with van der Waals surface area (Å²) < 4.78 is 0. The SMILES string of the molecule is Cc1cccc2c1CC(C)(C)N=C2c1cnc2c(C)cccc2c1. The maximum atomic E-state index is 5.07. The Kier molecular flexibility index (Phi) is 3.31. The van der Waals surface area contributed by atoms with Crippen LogP contribution >= 0.6 is 0 Å². The minimum Gasteiger partial charge on any atom is -0.278 e. The second-order valence-corrected chi connectivity index (χ2v) is 7.42. The summed E-state index contributed by atoms with van der Waals surface area (Å²) in [5.74, 6) is 0. The van der Waals surface area contributed by atoms with Gasteiger partial charge in [-0.1, -0.05) is 36.4 Å². The van der Waals surface area contributed by atoms with Crippen LogP contribution in [0, 0.1) is 13.8 Å². The summed E-state index contributed by atoms with van der Waals surface area (Å²) in [6.45, 7) is 8.72. The predicted molar refractivity (Wildman–Crippen MR) is 101 cm³/mol. The Labute approximate surface area is 143 Å². The Balaban J connectivity index is 1.95. The highest BCUT2D eigenvalue weighted by Crippen LogP contribution is 2.31. The molecular formula is C22H22N2. The number of nitrogens with zero attached hydrogens (tertiary/aromatic N) is 2. The van der Waals surface area contributed by atoms with Crippen LogP contribution in [0.1, 0.15) is 41.7 Å². The average Bonchev–Trinajstić information content (AvgIpc) is 2.54. The summed E-state index contributed by atoms with van der Waals surface area (Å²) in [5.41, 5.74) is 8.38. The summed E-state index contributed by atoms with van der Waals surface area (Å²) in [6, 6.07) is 15.1. The maximum absolute atomic E-state index is 5.07. The third kappa shape index (κ3) is 2.43. The van der Waals surface area contributed by atoms with Crippen molar-refractivity contribution in [3.05, 3.63) is 76.5 Å². The van der Waals surface area contributed by atoms with Gasteiger partial charge in [0.15, 0.2) is 0 Å². The van der Waals surface area contributed by atoms with Crippen LogP contribution in [0.2, 0.25) is 0 Å². The van der Waals surface area contributed by atoms with E-state index in [4.69, 9.17) is 9.98 Å². The number of fused-ring (bicyclic) bond motifs is 2. The van der Waals surface area contributed by atoms with Crippen molar-refractivity contribution in [2.75, 3.05) is 0 Å². The molecule has 1 aromatic heterocycles. The average molecular weight is 314 g/mol. The van der Waals surface area contributed by atoms with Crippen molar-refractivity contribution >= 4 is 16.6 Å². The quantitative estimate of drug-likeness (QED) is 0.619. The fourth-order valence-corrected chi connectivity index (χ4v) is 3.66. The molecular weight excluding hydrogens is 292 g/mol. The number of hydrogen-bond acceptors (Lipinski definition) is 2. The standard InChI is InChI=1S/C22H22N2/c1-14-7-6-10-18-19(14)12-22(3,4)24-21(18)17-11-16-9-5-8-15(2)20(16)23-13-17/h5-11,13H,12H2,1-4H3. The lowest BCUT2D eigenvalue weighted by molar-refractivity contribution is 0.512. The van der Waals surface area contributed by atoms with Crippen LogP contribution in [-0.2, 0) is 6.42 Å². The third-order valence-electron chi connectivity index (χ3n) is 4.88. The molecule has 2 nitrogen and oxygen atoms in total. The van der Waals surface area contributed by atoms with Crippen LogP contribution in [0.25, 0.3) is 10.9 Å². The Morgan fingerprint density at radius 1 is 0.958 bits per heavy atom. The highest BCUT2D eigenvalue weighted by atomic mass is 14.9. The molecule has 1 aliphatic heterocycles. The van der Waals surface area contributed by atoms with Gasteiger partial charge in [0.05, 0.1) is 16.8 Å². The van der Waals surface area contributed by atoms with Crippen molar-refractivity contribution in [2.45, 2.75) is 39.7 Å². The molecule has 2 heteroatoms. The van der Waals surface area contributed by atoms with E-state index in [9.17, 15) is 0 Å². The Morgan fingerprint density at radius 2 is 1.71 bits per heavy atom. The van der Waals surface area contributed by atoms with Crippen molar-refractivity contribution in [3.8, 4) is 0 Å². The number of pyridine rings is 1. The number of aromatic nitrogens is 1. The summed E-state index contributed by atoms with van der Waals surface area (Å²) in [6.07, 6.45) is 2.96. The van der Waals surface area contributed by atoms with E-state index >= 15 is 0 Å². The van der Waals surface area contributed by atoms with Crippen LogP contribution in [0.3, 0.4) is 0 Å². The van der Waals surface area contributed by atoms with Crippen LogP contribution in [-0.4, -0.2) is 16.2 Å². The molecule has 0 amide bonds. The summed E-state index contributed by atoms with van der Waals surface area (Å²) in [7, 11) is 0. The molecule has 1 aliphatic rings. The van der Waals surface area contributed by atoms with E-state index in [-0.39, 0.29) is 5.54 Å². The van der Waals surface area contributed by atoms with Gasteiger partial charge in [-0.15, -0.1) is 0 Å². The van der Waals surface area contributed by atoms with Crippen LogP contribution < -0.4 is 0 Å². The van der Waals surface area contributed by atoms with Crippen molar-refractivity contribution in [3.63, 3.8) is 0 Å². The first-order valence-electron chi connectivity index (χ1n) is 8.49. The van der Waals surface area contributed by atoms with Gasteiger partial charge >= 0.3 is 0 Å². The zero-order chi connectivity index (χ0) is 16.9. The molecule has 2 aromatic carbocycles. The van der Waals surface area contributed by atoms with Crippen molar-refractivity contribution in [2.24, 2.45) is 4.99 Å². The summed E-state index contributed by atoms with van der Waals surface area (Å²) >= 11 is 0. The van der Waals surface area contributed by atoms with Gasteiger partial charge in [-0.2, -0.15) is 0 Å². The zero-order valence-electron chi connectivity index (χ0n) is 14.7. The van der Waals surface area contributed by atoms with Gasteiger partial charge in [-0.25, -0.2) is 0 Å². The van der Waals surface area contributed by atoms with Gasteiger partial charge in [0.25, 0.3) is 0 Å². The van der Waals surface area contributed by atoms with E-state index < -0.39 is 0 Å². The van der Waals surface area contributed by atoms with Crippen molar-refractivity contribution < 1.29 is 0 Å². The number of benzene rings is 2. The normalized spacial score (nSPS) is 15.9. The van der Waals surface area contributed by atoms with Gasteiger partial charge in [0.1, 0.15) is 0 Å². The molecule has 24 heavy (non-hydrogen) atoms. The second-order valence-electron chi connectivity index (χ2n) is 7.42. The van der Waals surface area contributed by atoms with E-state index in [1.807, 2.05) is 6.20 Å². The van der Waals surface area contributed by atoms with Crippen LogP contribution in [0.15, 0.2) is 53.7 Å². The molecule has 0 saturated carbocycles. The van der Waals surface area contributed by atoms with Gasteiger partial charge in [-0.3, -0.25) is 9.98 Å². The maximum Gasteiger partial charge on any atom is 0.0744 e. The van der Waals surface area contributed by atoms with E-state index in [0.29, 0.717) is 0 Å². The highest BCUT2D eigenvalue weighted by molar-refractivity contribution is 6.15. The molecule has 3 aromatic rings. The number of aliphatic imine (C=N–C) groups is 1. The number of hydrogen-bond donors (Lipinski definition) is 0. The van der Waals surface area contributed by atoms with Crippen molar-refractivity contribution in [1.29, 1.82) is 0 Å². The van der Waals surface area contributed by atoms with Crippen LogP contribution in [0.5, 0.6) is 0 Å². The third-order valence-corrected chi connectivity index (χ3v) is 4.88. The largest absolute Gasteiger partial charge is 0.278 e. The first-order valence-corrected chi connectivity index (χ1v) is 8.49. The molecule has 4 rings (SSSR count). The monoisotopic (exact) mass is 314 g/mol. The predicted octanol–water partition coefficient (Wildman–Crippen LogP) is 5.02. The minimum absolute atomic E-state index is 0.0873. The van der Waals surface area contributed by atoms with Crippen LogP contribution in [0.4, 0.5) is 0 Å². The first-order chi connectivity index (χ1) is 11.4. The van der Waals surface area contributed by atoms with E-state index in [0.717, 1.165) is 23.2 Å². The molecule has 0 spiro atoms. The molecule has 0 bridgehead atoms. The lowest BCUT2D eigenvalue weighted by Gasteiger charge is -2.30. The number of aryl methyl sites for hydroxylation is 2. The molecule has 0 saturated heterocycles. The molecule has 2 heterocycles. The zero-order valence-corrected chi connectivity index (χ0v) is 14.7. The molecule has 0 unspecified atom stereocenters. The van der Waals surface area contributed by atoms with Gasteiger partial charge in [0, 0.05) is 22.7 Å². The molecule has 0 atom stereocenters.